The summed E-state index contributed by atoms with van der Waals surface area (Å²) in [5, 5.41) is 3.00. The molecule has 22 heavy (non-hydrogen) atoms. The molecule has 0 aliphatic rings. The highest BCUT2D eigenvalue weighted by Gasteiger charge is 2.00. The first-order valence-electron chi connectivity index (χ1n) is 6.64. The van der Waals surface area contributed by atoms with Gasteiger partial charge in [-0.05, 0) is 11.6 Å². The maximum Gasteiger partial charge on any atom is 0.407 e. The van der Waals surface area contributed by atoms with Gasteiger partial charge in [-0.2, -0.15) is 0 Å². The molecular formula is C16H15ClN2O3. The first-order valence-corrected chi connectivity index (χ1v) is 7.02. The molecule has 0 saturated carbocycles. The summed E-state index contributed by atoms with van der Waals surface area (Å²) < 4.78 is 5.05. The number of carbonyl (C=O) groups is 1. The number of H-pyrrole nitrogens is 1. The van der Waals surface area contributed by atoms with E-state index in [1.165, 1.54) is 6.20 Å². The van der Waals surface area contributed by atoms with Gasteiger partial charge < -0.3 is 15.0 Å². The van der Waals surface area contributed by atoms with E-state index < -0.39 is 6.09 Å². The molecule has 114 valence electrons. The molecule has 0 atom stereocenters. The second-order valence-electron chi connectivity index (χ2n) is 4.45. The number of carbonyl (C=O) groups excluding carboxylic acids is 1. The van der Waals surface area contributed by atoms with Gasteiger partial charge in [0.15, 0.2) is 0 Å². The van der Waals surface area contributed by atoms with Crippen LogP contribution in [0.3, 0.4) is 0 Å². The lowest BCUT2D eigenvalue weighted by Gasteiger charge is -2.05. The zero-order valence-corrected chi connectivity index (χ0v) is 12.5. The molecule has 0 unspecified atom stereocenters. The molecule has 0 saturated heterocycles. The van der Waals surface area contributed by atoms with Crippen molar-refractivity contribution >= 4 is 23.8 Å². The molecule has 2 N–H and O–H groups in total. The van der Waals surface area contributed by atoms with Crippen LogP contribution in [-0.2, 0) is 11.3 Å². The smallest absolute Gasteiger partial charge is 0.407 e. The Morgan fingerprint density at radius 1 is 1.32 bits per heavy atom. The molecule has 0 radical (unpaired) electrons. The summed E-state index contributed by atoms with van der Waals surface area (Å²) in [5.74, 6) is 0. The second kappa shape index (κ2) is 8.05. The monoisotopic (exact) mass is 318 g/mol. The van der Waals surface area contributed by atoms with Crippen molar-refractivity contribution in [3.05, 3.63) is 75.2 Å². The third kappa shape index (κ3) is 5.10. The SMILES string of the molecule is O=C(NCC=Cc1cc(Cl)c[nH]c1=O)OCc1ccccc1. The molecular weight excluding hydrogens is 304 g/mol. The fourth-order valence-electron chi connectivity index (χ4n) is 1.70. The Bertz CT molecular complexity index is 711. The maximum atomic E-state index is 11.5. The maximum absolute atomic E-state index is 11.5. The van der Waals surface area contributed by atoms with Crippen LogP contribution in [0.1, 0.15) is 11.1 Å². The molecule has 2 aromatic rings. The van der Waals surface area contributed by atoms with Crippen molar-refractivity contribution in [2.24, 2.45) is 0 Å². The first kappa shape index (κ1) is 15.9. The standard InChI is InChI=1S/C16H15ClN2O3/c17-14-9-13(15(20)19-10-14)7-4-8-18-16(21)22-11-12-5-2-1-3-6-12/h1-7,9-10H,8,11H2,(H,18,21)(H,19,20). The fraction of sp³-hybridized carbons (Fsp3) is 0.125. The molecule has 6 heteroatoms. The number of aromatic nitrogens is 1. The topological polar surface area (TPSA) is 71.2 Å². The highest BCUT2D eigenvalue weighted by Crippen LogP contribution is 2.06. The van der Waals surface area contributed by atoms with E-state index in [1.54, 1.807) is 18.2 Å². The van der Waals surface area contributed by atoms with Crippen molar-refractivity contribution < 1.29 is 9.53 Å². The van der Waals surface area contributed by atoms with E-state index in [2.05, 4.69) is 10.3 Å². The van der Waals surface area contributed by atoms with Crippen LogP contribution >= 0.6 is 11.6 Å². The predicted octanol–water partition coefficient (Wildman–Crippen LogP) is 2.97. The molecule has 2 rings (SSSR count). The van der Waals surface area contributed by atoms with Gasteiger partial charge >= 0.3 is 6.09 Å². The third-order valence-corrected chi connectivity index (χ3v) is 2.99. The van der Waals surface area contributed by atoms with Crippen LogP contribution in [-0.4, -0.2) is 17.6 Å². The van der Waals surface area contributed by atoms with Crippen molar-refractivity contribution in [3.63, 3.8) is 0 Å². The van der Waals surface area contributed by atoms with Crippen LogP contribution in [0.5, 0.6) is 0 Å². The van der Waals surface area contributed by atoms with Crippen LogP contribution in [0, 0.1) is 0 Å². The van der Waals surface area contributed by atoms with E-state index in [0.29, 0.717) is 10.6 Å². The van der Waals surface area contributed by atoms with Crippen LogP contribution < -0.4 is 10.9 Å². The van der Waals surface area contributed by atoms with Crippen molar-refractivity contribution in [1.29, 1.82) is 0 Å². The van der Waals surface area contributed by atoms with Crippen molar-refractivity contribution in [3.8, 4) is 0 Å². The van der Waals surface area contributed by atoms with Crippen LogP contribution in [0.15, 0.2) is 53.5 Å². The minimum Gasteiger partial charge on any atom is -0.445 e. The van der Waals surface area contributed by atoms with Gasteiger partial charge in [-0.15, -0.1) is 0 Å². The van der Waals surface area contributed by atoms with Gasteiger partial charge in [0, 0.05) is 18.3 Å². The fourth-order valence-corrected chi connectivity index (χ4v) is 1.87. The quantitative estimate of drug-likeness (QED) is 0.890. The number of aromatic amines is 1. The number of rotatable bonds is 5. The van der Waals surface area contributed by atoms with Crippen molar-refractivity contribution in [1.82, 2.24) is 10.3 Å². The number of hydrogen-bond acceptors (Lipinski definition) is 3. The van der Waals surface area contributed by atoms with E-state index in [9.17, 15) is 9.59 Å². The summed E-state index contributed by atoms with van der Waals surface area (Å²) in [7, 11) is 0. The molecule has 5 nitrogen and oxygen atoms in total. The van der Waals surface area contributed by atoms with Crippen LogP contribution in [0.4, 0.5) is 4.79 Å². The minimum atomic E-state index is -0.520. The van der Waals surface area contributed by atoms with E-state index in [0.717, 1.165) is 5.56 Å². The zero-order valence-electron chi connectivity index (χ0n) is 11.7. The summed E-state index contributed by atoms with van der Waals surface area (Å²) >= 11 is 5.79. The summed E-state index contributed by atoms with van der Waals surface area (Å²) in [5.41, 5.74) is 1.10. The normalized spacial score (nSPS) is 10.6. The summed E-state index contributed by atoms with van der Waals surface area (Å²) in [6.45, 7) is 0.462. The Kier molecular flexibility index (Phi) is 5.80. The van der Waals surface area contributed by atoms with Gasteiger partial charge in [-0.25, -0.2) is 4.79 Å². The Labute approximate surface area is 132 Å². The second-order valence-corrected chi connectivity index (χ2v) is 4.88. The number of halogens is 1. The molecule has 0 fully saturated rings. The first-order chi connectivity index (χ1) is 10.6. The average Bonchev–Trinajstić information content (AvgIpc) is 2.53. The van der Waals surface area contributed by atoms with Crippen molar-refractivity contribution in [2.75, 3.05) is 6.54 Å². The van der Waals surface area contributed by atoms with Gasteiger partial charge in [0.1, 0.15) is 6.61 Å². The molecule has 0 aliphatic heterocycles. The number of alkyl carbamates (subject to hydrolysis) is 1. The van der Waals surface area contributed by atoms with Gasteiger partial charge in [0.25, 0.3) is 5.56 Å². The van der Waals surface area contributed by atoms with Gasteiger partial charge in [0.05, 0.1) is 5.02 Å². The Morgan fingerprint density at radius 3 is 2.86 bits per heavy atom. The lowest BCUT2D eigenvalue weighted by atomic mass is 10.2. The zero-order chi connectivity index (χ0) is 15.8. The van der Waals surface area contributed by atoms with Gasteiger partial charge in [0.2, 0.25) is 0 Å². The highest BCUT2D eigenvalue weighted by molar-refractivity contribution is 6.30. The molecule has 1 amide bonds. The highest BCUT2D eigenvalue weighted by atomic mass is 35.5. The van der Waals surface area contributed by atoms with Crippen molar-refractivity contribution in [2.45, 2.75) is 6.61 Å². The lowest BCUT2D eigenvalue weighted by Crippen LogP contribution is -2.24. The predicted molar refractivity (Wildman–Crippen MR) is 85.7 cm³/mol. The number of nitrogens with one attached hydrogen (secondary N) is 2. The van der Waals surface area contributed by atoms with E-state index >= 15 is 0 Å². The molecule has 0 spiro atoms. The number of hydrogen-bond donors (Lipinski definition) is 2. The number of amides is 1. The average molecular weight is 319 g/mol. The number of benzene rings is 1. The molecule has 1 heterocycles. The van der Waals surface area contributed by atoms with E-state index in [1.807, 2.05) is 30.3 Å². The van der Waals surface area contributed by atoms with E-state index in [4.69, 9.17) is 16.3 Å². The summed E-state index contributed by atoms with van der Waals surface area (Å²) in [6, 6.07) is 10.9. The number of ether oxygens (including phenoxy) is 1. The molecule has 1 aromatic carbocycles. The third-order valence-electron chi connectivity index (χ3n) is 2.77. The van der Waals surface area contributed by atoms with Crippen LogP contribution in [0.25, 0.3) is 6.08 Å². The molecule has 0 bridgehead atoms. The summed E-state index contributed by atoms with van der Waals surface area (Å²) in [4.78, 5) is 25.5. The van der Waals surface area contributed by atoms with Crippen LogP contribution in [0.2, 0.25) is 5.02 Å². The molecule has 1 aromatic heterocycles. The van der Waals surface area contributed by atoms with Gasteiger partial charge in [-0.3, -0.25) is 4.79 Å². The lowest BCUT2D eigenvalue weighted by molar-refractivity contribution is 0.141. The Balaban J connectivity index is 1.76. The summed E-state index contributed by atoms with van der Waals surface area (Å²) in [6.07, 6.45) is 4.13. The van der Waals surface area contributed by atoms with E-state index in [-0.39, 0.29) is 18.7 Å². The number of pyridine rings is 1. The minimum absolute atomic E-state index is 0.213. The molecule has 0 aliphatic carbocycles. The Morgan fingerprint density at radius 2 is 2.09 bits per heavy atom. The largest absolute Gasteiger partial charge is 0.445 e. The van der Waals surface area contributed by atoms with Gasteiger partial charge in [-0.1, -0.05) is 54.1 Å². The Hall–Kier alpha value is -2.53.